The maximum absolute atomic E-state index is 9.45. The molecule has 0 aliphatic carbocycles. The number of anilines is 1. The minimum absolute atomic E-state index is 0.280. The Morgan fingerprint density at radius 3 is 2.85 bits per heavy atom. The quantitative estimate of drug-likeness (QED) is 0.924. The highest BCUT2D eigenvalue weighted by Crippen LogP contribution is 2.32. The van der Waals surface area contributed by atoms with Crippen LogP contribution in [0.15, 0.2) is 18.5 Å². The van der Waals surface area contributed by atoms with E-state index in [1.54, 1.807) is 6.20 Å². The van der Waals surface area contributed by atoms with E-state index in [2.05, 4.69) is 14.8 Å². The van der Waals surface area contributed by atoms with E-state index in [9.17, 15) is 5.11 Å². The molecular weight excluding hydrogens is 274 g/mol. The lowest BCUT2D eigenvalue weighted by molar-refractivity contribution is 0.153. The lowest BCUT2D eigenvalue weighted by Gasteiger charge is -2.32. The van der Waals surface area contributed by atoms with Crippen LogP contribution in [-0.2, 0) is 0 Å². The number of aliphatic hydroxyl groups excluding tert-OH is 1. The van der Waals surface area contributed by atoms with Crippen molar-refractivity contribution in [3.63, 3.8) is 0 Å². The number of likely N-dealkylation sites (tertiary alicyclic amines) is 1. The molecule has 2 fully saturated rings. The Balaban J connectivity index is 1.71. The number of nitrogens with zero attached hydrogens (tertiary/aromatic N) is 3. The minimum atomic E-state index is 0.280. The normalized spacial score (nSPS) is 27.4. The molecule has 1 aromatic rings. The molecule has 2 aliphatic heterocycles. The van der Waals surface area contributed by atoms with Crippen molar-refractivity contribution in [3.05, 3.63) is 23.5 Å². The Labute approximate surface area is 125 Å². The molecule has 2 unspecified atom stereocenters. The maximum Gasteiger partial charge on any atom is 0.0822 e. The molecule has 3 heterocycles. The van der Waals surface area contributed by atoms with Gasteiger partial charge in [-0.15, -0.1) is 0 Å². The topological polar surface area (TPSA) is 39.6 Å². The third-order valence-corrected chi connectivity index (χ3v) is 4.88. The van der Waals surface area contributed by atoms with E-state index >= 15 is 0 Å². The van der Waals surface area contributed by atoms with E-state index in [1.807, 2.05) is 12.3 Å². The predicted molar refractivity (Wildman–Crippen MR) is 81.3 cm³/mol. The van der Waals surface area contributed by atoms with Crippen molar-refractivity contribution in [1.29, 1.82) is 0 Å². The SMILES string of the molecule is OCC1CCCN1CC1CCCN1c1ccncc1Cl. The van der Waals surface area contributed by atoms with Crippen molar-refractivity contribution in [2.75, 3.05) is 31.1 Å². The predicted octanol–water partition coefficient (Wildman–Crippen LogP) is 2.16. The Bertz CT molecular complexity index is 456. The lowest BCUT2D eigenvalue weighted by atomic mass is 10.1. The molecule has 0 radical (unpaired) electrons. The summed E-state index contributed by atoms with van der Waals surface area (Å²) >= 11 is 6.28. The molecule has 2 aliphatic rings. The molecule has 1 N–H and O–H groups in total. The standard InChI is InChI=1S/C15H22ClN3O/c16-14-9-17-6-5-15(14)19-8-2-3-12(19)10-18-7-1-4-13(18)11-20/h5-6,9,12-13,20H,1-4,7-8,10-11H2. The zero-order chi connectivity index (χ0) is 13.9. The second kappa shape index (κ2) is 6.29. The molecule has 0 saturated carbocycles. The van der Waals surface area contributed by atoms with Gasteiger partial charge in [0.05, 0.1) is 17.3 Å². The number of halogens is 1. The van der Waals surface area contributed by atoms with Gasteiger partial charge in [0.25, 0.3) is 0 Å². The van der Waals surface area contributed by atoms with Crippen molar-refractivity contribution < 1.29 is 5.11 Å². The van der Waals surface area contributed by atoms with E-state index in [4.69, 9.17) is 11.6 Å². The summed E-state index contributed by atoms with van der Waals surface area (Å²) in [5.74, 6) is 0. The summed E-state index contributed by atoms with van der Waals surface area (Å²) in [6.07, 6.45) is 8.27. The fourth-order valence-electron chi connectivity index (χ4n) is 3.56. The highest BCUT2D eigenvalue weighted by atomic mass is 35.5. The van der Waals surface area contributed by atoms with Crippen molar-refractivity contribution >= 4 is 17.3 Å². The molecule has 0 aromatic carbocycles. The fourth-order valence-corrected chi connectivity index (χ4v) is 3.78. The molecule has 2 saturated heterocycles. The van der Waals surface area contributed by atoms with Gasteiger partial charge in [-0.1, -0.05) is 11.6 Å². The van der Waals surface area contributed by atoms with Gasteiger partial charge in [0.1, 0.15) is 0 Å². The van der Waals surface area contributed by atoms with Gasteiger partial charge in [-0.2, -0.15) is 0 Å². The van der Waals surface area contributed by atoms with Crippen molar-refractivity contribution in [2.45, 2.75) is 37.8 Å². The first kappa shape index (κ1) is 14.1. The third kappa shape index (κ3) is 2.78. The molecule has 0 spiro atoms. The van der Waals surface area contributed by atoms with Crippen LogP contribution in [0.25, 0.3) is 0 Å². The maximum atomic E-state index is 9.45. The van der Waals surface area contributed by atoms with Crippen LogP contribution in [0.3, 0.4) is 0 Å². The van der Waals surface area contributed by atoms with Gasteiger partial charge >= 0.3 is 0 Å². The van der Waals surface area contributed by atoms with Gasteiger partial charge < -0.3 is 10.0 Å². The highest BCUT2D eigenvalue weighted by Gasteiger charge is 2.31. The van der Waals surface area contributed by atoms with Crippen LogP contribution in [0.1, 0.15) is 25.7 Å². The van der Waals surface area contributed by atoms with Crippen LogP contribution in [0.2, 0.25) is 5.02 Å². The first-order chi connectivity index (χ1) is 9.79. The summed E-state index contributed by atoms with van der Waals surface area (Å²) in [5, 5.41) is 10.2. The fraction of sp³-hybridized carbons (Fsp3) is 0.667. The zero-order valence-corrected chi connectivity index (χ0v) is 12.5. The van der Waals surface area contributed by atoms with Crippen molar-refractivity contribution in [1.82, 2.24) is 9.88 Å². The third-order valence-electron chi connectivity index (χ3n) is 4.59. The number of pyridine rings is 1. The molecule has 3 rings (SSSR count). The largest absolute Gasteiger partial charge is 0.395 e. The first-order valence-electron chi connectivity index (χ1n) is 7.50. The van der Waals surface area contributed by atoms with Crippen LogP contribution in [0.4, 0.5) is 5.69 Å². The number of rotatable bonds is 4. The summed E-state index contributed by atoms with van der Waals surface area (Å²) in [4.78, 5) is 8.92. The molecule has 0 bridgehead atoms. The highest BCUT2D eigenvalue weighted by molar-refractivity contribution is 6.33. The van der Waals surface area contributed by atoms with Crippen molar-refractivity contribution in [2.24, 2.45) is 0 Å². The van der Waals surface area contributed by atoms with Crippen molar-refractivity contribution in [3.8, 4) is 0 Å². The Morgan fingerprint density at radius 2 is 2.05 bits per heavy atom. The molecule has 2 atom stereocenters. The minimum Gasteiger partial charge on any atom is -0.395 e. The average molecular weight is 296 g/mol. The summed E-state index contributed by atoms with van der Waals surface area (Å²) < 4.78 is 0. The smallest absolute Gasteiger partial charge is 0.0822 e. The van der Waals surface area contributed by atoms with Gasteiger partial charge in [0.2, 0.25) is 0 Å². The van der Waals surface area contributed by atoms with Crippen LogP contribution in [0, 0.1) is 0 Å². The monoisotopic (exact) mass is 295 g/mol. The molecule has 0 amide bonds. The molecule has 1 aromatic heterocycles. The van der Waals surface area contributed by atoms with Crippen LogP contribution >= 0.6 is 11.6 Å². The second-order valence-corrected chi connectivity index (χ2v) is 6.20. The van der Waals surface area contributed by atoms with E-state index in [-0.39, 0.29) is 6.61 Å². The Hall–Kier alpha value is -0.840. The first-order valence-corrected chi connectivity index (χ1v) is 7.88. The zero-order valence-electron chi connectivity index (χ0n) is 11.7. The van der Waals surface area contributed by atoms with Crippen LogP contribution < -0.4 is 4.90 Å². The molecule has 20 heavy (non-hydrogen) atoms. The van der Waals surface area contributed by atoms with Gasteiger partial charge in [0, 0.05) is 37.6 Å². The van der Waals surface area contributed by atoms with Gasteiger partial charge in [-0.05, 0) is 38.3 Å². The Kier molecular flexibility index (Phi) is 4.44. The Morgan fingerprint density at radius 1 is 1.25 bits per heavy atom. The summed E-state index contributed by atoms with van der Waals surface area (Å²) in [6, 6.07) is 2.86. The summed E-state index contributed by atoms with van der Waals surface area (Å²) in [5.41, 5.74) is 1.10. The van der Waals surface area contributed by atoms with Crippen LogP contribution in [0.5, 0.6) is 0 Å². The number of aromatic nitrogens is 1. The van der Waals surface area contributed by atoms with E-state index in [0.717, 1.165) is 36.8 Å². The lowest BCUT2D eigenvalue weighted by Crippen LogP contribution is -2.43. The van der Waals surface area contributed by atoms with Crippen LogP contribution in [-0.4, -0.2) is 53.3 Å². The molecule has 4 nitrogen and oxygen atoms in total. The van der Waals surface area contributed by atoms with Gasteiger partial charge in [-0.25, -0.2) is 0 Å². The molecular formula is C15H22ClN3O. The van der Waals surface area contributed by atoms with E-state index in [0.29, 0.717) is 12.1 Å². The van der Waals surface area contributed by atoms with E-state index < -0.39 is 0 Å². The summed E-state index contributed by atoms with van der Waals surface area (Å²) in [6.45, 7) is 3.48. The van der Waals surface area contributed by atoms with Gasteiger partial charge in [0.15, 0.2) is 0 Å². The number of hydrogen-bond donors (Lipinski definition) is 1. The molecule has 110 valence electrons. The number of aliphatic hydroxyl groups is 1. The second-order valence-electron chi connectivity index (χ2n) is 5.79. The van der Waals surface area contributed by atoms with Gasteiger partial charge in [-0.3, -0.25) is 9.88 Å². The average Bonchev–Trinajstić information content (AvgIpc) is 3.09. The number of hydrogen-bond acceptors (Lipinski definition) is 4. The summed E-state index contributed by atoms with van der Waals surface area (Å²) in [7, 11) is 0. The van der Waals surface area contributed by atoms with E-state index in [1.165, 1.54) is 19.3 Å². The molecule has 5 heteroatoms.